The van der Waals surface area contributed by atoms with Crippen LogP contribution in [0, 0.1) is 0 Å². The van der Waals surface area contributed by atoms with E-state index in [4.69, 9.17) is 4.74 Å². The molecule has 2 N–H and O–H groups in total. The van der Waals surface area contributed by atoms with Gasteiger partial charge >= 0.3 is 0 Å². The van der Waals surface area contributed by atoms with Crippen LogP contribution in [-0.2, 0) is 6.42 Å². The summed E-state index contributed by atoms with van der Waals surface area (Å²) in [5, 5.41) is 13.6. The van der Waals surface area contributed by atoms with Crippen molar-refractivity contribution in [1.29, 1.82) is 0 Å². The second-order valence-electron chi connectivity index (χ2n) is 7.53. The highest BCUT2D eigenvalue weighted by molar-refractivity contribution is 6.04. The zero-order valence-electron chi connectivity index (χ0n) is 17.7. The molecule has 0 unspecified atom stereocenters. The molecule has 0 saturated heterocycles. The van der Waals surface area contributed by atoms with E-state index in [1.165, 1.54) is 5.56 Å². The zero-order valence-corrected chi connectivity index (χ0v) is 17.7. The van der Waals surface area contributed by atoms with Crippen LogP contribution in [0.15, 0.2) is 91.1 Å². The van der Waals surface area contributed by atoms with E-state index in [1.807, 2.05) is 60.7 Å². The summed E-state index contributed by atoms with van der Waals surface area (Å²) in [4.78, 5) is 17.0. The molecule has 0 bridgehead atoms. The molecule has 33 heavy (non-hydrogen) atoms. The number of amides is 1. The van der Waals surface area contributed by atoms with Crippen molar-refractivity contribution in [3.8, 4) is 16.9 Å². The van der Waals surface area contributed by atoms with Gasteiger partial charge in [-0.2, -0.15) is 10.3 Å². The normalized spacial score (nSPS) is 10.8. The number of benzene rings is 3. The van der Waals surface area contributed by atoms with Gasteiger partial charge in [0.05, 0.1) is 6.61 Å². The Morgan fingerprint density at radius 3 is 2.58 bits per heavy atom. The number of ether oxygens (including phenoxy) is 1. The third-order valence-electron chi connectivity index (χ3n) is 5.25. The van der Waals surface area contributed by atoms with E-state index in [0.29, 0.717) is 29.0 Å². The summed E-state index contributed by atoms with van der Waals surface area (Å²) in [7, 11) is 0. The summed E-state index contributed by atoms with van der Waals surface area (Å²) >= 11 is 0. The average molecular weight is 435 g/mol. The number of carbonyl (C=O) groups excluding carboxylic acids is 1. The Morgan fingerprint density at radius 1 is 0.879 bits per heavy atom. The van der Waals surface area contributed by atoms with Crippen molar-refractivity contribution >= 4 is 22.8 Å². The van der Waals surface area contributed by atoms with Crippen molar-refractivity contribution in [3.05, 3.63) is 102 Å². The number of H-pyrrole nitrogens is 1. The van der Waals surface area contributed by atoms with E-state index in [1.54, 1.807) is 18.3 Å². The van der Waals surface area contributed by atoms with Gasteiger partial charge in [0.2, 0.25) is 5.65 Å². The van der Waals surface area contributed by atoms with Gasteiger partial charge in [-0.05, 0) is 53.6 Å². The number of anilines is 1. The van der Waals surface area contributed by atoms with Crippen LogP contribution in [0.1, 0.15) is 15.9 Å². The number of rotatable bonds is 7. The van der Waals surface area contributed by atoms with Crippen molar-refractivity contribution < 1.29 is 9.53 Å². The highest BCUT2D eigenvalue weighted by Crippen LogP contribution is 2.24. The molecule has 1 amide bonds. The molecule has 0 fully saturated rings. The zero-order chi connectivity index (χ0) is 22.5. The number of nitrogens with one attached hydrogen (secondary N) is 2. The smallest absolute Gasteiger partial charge is 0.255 e. The Labute approximate surface area is 190 Å². The minimum absolute atomic E-state index is 0.187. The number of aromatic amines is 1. The van der Waals surface area contributed by atoms with E-state index in [-0.39, 0.29) is 5.91 Å². The third kappa shape index (κ3) is 4.88. The quantitative estimate of drug-likeness (QED) is 0.380. The summed E-state index contributed by atoms with van der Waals surface area (Å²) in [5.74, 6) is 0.549. The predicted octanol–water partition coefficient (Wildman–Crippen LogP) is 4.89. The molecule has 3 aromatic carbocycles. The average Bonchev–Trinajstić information content (AvgIpc) is 3.33. The second-order valence-corrected chi connectivity index (χ2v) is 7.53. The summed E-state index contributed by atoms with van der Waals surface area (Å²) in [6.07, 6.45) is 2.57. The van der Waals surface area contributed by atoms with Crippen molar-refractivity contribution in [2.24, 2.45) is 0 Å². The first-order valence-corrected chi connectivity index (χ1v) is 10.6. The maximum Gasteiger partial charge on any atom is 0.255 e. The number of aromatic nitrogens is 4. The second kappa shape index (κ2) is 9.32. The maximum absolute atomic E-state index is 12.7. The van der Waals surface area contributed by atoms with E-state index in [9.17, 15) is 4.79 Å². The fraction of sp³-hybridized carbons (Fsp3) is 0.0769. The first-order chi connectivity index (χ1) is 16.2. The predicted molar refractivity (Wildman–Crippen MR) is 127 cm³/mol. The number of hydrogen-bond donors (Lipinski definition) is 2. The molecular formula is C26H21N5O2. The number of hydrogen-bond acceptors (Lipinski definition) is 5. The van der Waals surface area contributed by atoms with Crippen LogP contribution < -0.4 is 10.1 Å². The third-order valence-corrected chi connectivity index (χ3v) is 5.25. The van der Waals surface area contributed by atoms with Crippen LogP contribution in [0.3, 0.4) is 0 Å². The SMILES string of the molecule is O=C(Nc1cccc(-c2cnc3n[nH]nc3c2)c1)c1ccc(OCCc2ccccc2)cc1. The molecular weight excluding hydrogens is 414 g/mol. The molecule has 5 rings (SSSR count). The number of pyridine rings is 1. The molecule has 0 atom stereocenters. The van der Waals surface area contributed by atoms with Crippen molar-refractivity contribution in [3.63, 3.8) is 0 Å². The van der Waals surface area contributed by atoms with Gasteiger partial charge in [-0.1, -0.05) is 42.5 Å². The lowest BCUT2D eigenvalue weighted by molar-refractivity contribution is 0.102. The Bertz CT molecular complexity index is 1380. The Balaban J connectivity index is 1.21. The fourth-order valence-corrected chi connectivity index (χ4v) is 3.51. The highest BCUT2D eigenvalue weighted by atomic mass is 16.5. The van der Waals surface area contributed by atoms with Gasteiger partial charge in [-0.25, -0.2) is 4.98 Å². The standard InChI is InChI=1S/C26H21N5O2/c32-26(19-9-11-23(12-10-19)33-14-13-18-5-2-1-3-6-18)28-22-8-4-7-20(15-22)21-16-24-25(27-17-21)30-31-29-24/h1-12,15-17H,13-14H2,(H,28,32)(H,27,29,30,31). The summed E-state index contributed by atoms with van der Waals surface area (Å²) in [5.41, 5.74) is 5.55. The fourth-order valence-electron chi connectivity index (χ4n) is 3.51. The lowest BCUT2D eigenvalue weighted by Gasteiger charge is -2.09. The van der Waals surface area contributed by atoms with Crippen LogP contribution in [0.2, 0.25) is 0 Å². The monoisotopic (exact) mass is 435 g/mol. The molecule has 0 saturated carbocycles. The van der Waals surface area contributed by atoms with Crippen LogP contribution in [0.25, 0.3) is 22.3 Å². The Morgan fingerprint density at radius 2 is 1.73 bits per heavy atom. The molecule has 5 aromatic rings. The van der Waals surface area contributed by atoms with Crippen LogP contribution in [-0.4, -0.2) is 32.9 Å². The lowest BCUT2D eigenvalue weighted by Crippen LogP contribution is -2.11. The molecule has 0 aliphatic rings. The lowest BCUT2D eigenvalue weighted by atomic mass is 10.1. The van der Waals surface area contributed by atoms with Gasteiger partial charge in [0.25, 0.3) is 5.91 Å². The van der Waals surface area contributed by atoms with Crippen LogP contribution >= 0.6 is 0 Å². The molecule has 2 heterocycles. The van der Waals surface area contributed by atoms with Crippen LogP contribution in [0.5, 0.6) is 5.75 Å². The molecule has 0 aliphatic heterocycles. The molecule has 2 aromatic heterocycles. The minimum Gasteiger partial charge on any atom is -0.493 e. The summed E-state index contributed by atoms with van der Waals surface area (Å²) < 4.78 is 5.80. The molecule has 0 aliphatic carbocycles. The Hall–Kier alpha value is -4.52. The van der Waals surface area contributed by atoms with Crippen molar-refractivity contribution in [1.82, 2.24) is 20.4 Å². The number of nitrogens with zero attached hydrogens (tertiary/aromatic N) is 3. The van der Waals surface area contributed by atoms with Gasteiger partial charge in [0.1, 0.15) is 11.3 Å². The van der Waals surface area contributed by atoms with Crippen molar-refractivity contribution in [2.75, 3.05) is 11.9 Å². The minimum atomic E-state index is -0.187. The molecule has 0 radical (unpaired) electrons. The largest absolute Gasteiger partial charge is 0.493 e. The molecule has 7 heteroatoms. The van der Waals surface area contributed by atoms with E-state index in [2.05, 4.69) is 37.8 Å². The first kappa shape index (κ1) is 20.4. The van der Waals surface area contributed by atoms with Gasteiger partial charge < -0.3 is 10.1 Å². The molecule has 0 spiro atoms. The van der Waals surface area contributed by atoms with Gasteiger partial charge in [-0.3, -0.25) is 4.79 Å². The highest BCUT2D eigenvalue weighted by Gasteiger charge is 2.09. The van der Waals surface area contributed by atoms with Crippen LogP contribution in [0.4, 0.5) is 5.69 Å². The van der Waals surface area contributed by atoms with E-state index < -0.39 is 0 Å². The summed E-state index contributed by atoms with van der Waals surface area (Å²) in [6.45, 7) is 0.581. The first-order valence-electron chi connectivity index (χ1n) is 10.6. The van der Waals surface area contributed by atoms with Crippen molar-refractivity contribution in [2.45, 2.75) is 6.42 Å². The number of fused-ring (bicyclic) bond motifs is 1. The van der Waals surface area contributed by atoms with E-state index >= 15 is 0 Å². The van der Waals surface area contributed by atoms with Gasteiger partial charge in [-0.15, -0.1) is 5.10 Å². The maximum atomic E-state index is 12.7. The van der Waals surface area contributed by atoms with Gasteiger partial charge in [0, 0.05) is 29.4 Å². The topological polar surface area (TPSA) is 92.8 Å². The Kier molecular flexibility index (Phi) is 5.75. The molecule has 7 nitrogen and oxygen atoms in total. The van der Waals surface area contributed by atoms with E-state index in [0.717, 1.165) is 23.3 Å². The number of carbonyl (C=O) groups is 1. The van der Waals surface area contributed by atoms with Gasteiger partial charge in [0.15, 0.2) is 0 Å². The molecule has 162 valence electrons. The summed E-state index contributed by atoms with van der Waals surface area (Å²) in [6, 6.07) is 26.9.